The molecule has 0 aliphatic heterocycles. The highest BCUT2D eigenvalue weighted by molar-refractivity contribution is 7.95. The first-order chi connectivity index (χ1) is 19.0. The van der Waals surface area contributed by atoms with Crippen LogP contribution in [-0.2, 0) is 19.3 Å². The van der Waals surface area contributed by atoms with E-state index in [0.717, 1.165) is 49.4 Å². The number of hydrogen-bond acceptors (Lipinski definition) is 4. The number of benzene rings is 1. The van der Waals surface area contributed by atoms with Crippen molar-refractivity contribution in [2.24, 2.45) is 46.3 Å². The molecule has 0 unspecified atom stereocenters. The summed E-state index contributed by atoms with van der Waals surface area (Å²) in [5, 5.41) is 0. The molecule has 5 rings (SSSR count). The van der Waals surface area contributed by atoms with E-state index in [1.807, 2.05) is 18.2 Å². The molecule has 3 fully saturated rings. The minimum atomic E-state index is -3.65. The monoisotopic (exact) mass is 570 g/mol. The third kappa shape index (κ3) is 5.26. The van der Waals surface area contributed by atoms with Gasteiger partial charge in [-0.05, 0) is 115 Å². The first kappa shape index (κ1) is 30.3. The molecule has 0 amide bonds. The average molecular weight is 571 g/mol. The van der Waals surface area contributed by atoms with Crippen molar-refractivity contribution in [3.05, 3.63) is 40.8 Å². The van der Waals surface area contributed by atoms with Gasteiger partial charge in [-0.15, -0.1) is 0 Å². The van der Waals surface area contributed by atoms with Gasteiger partial charge < -0.3 is 9.47 Å². The summed E-state index contributed by atoms with van der Waals surface area (Å²) in [4.78, 5) is 0.940. The molecule has 0 aromatic heterocycles. The Hall–Kier alpha value is -1.17. The minimum absolute atomic E-state index is 0.0741. The lowest BCUT2D eigenvalue weighted by molar-refractivity contribution is -0.0853. The quantitative estimate of drug-likeness (QED) is 0.264. The number of allylic oxidation sites excluding steroid dienone is 1. The Kier molecular flexibility index (Phi) is 8.97. The fourth-order valence-corrected chi connectivity index (χ4v) is 12.2. The van der Waals surface area contributed by atoms with Crippen LogP contribution in [0.1, 0.15) is 105 Å². The van der Waals surface area contributed by atoms with Crippen LogP contribution in [0, 0.1) is 46.3 Å². The van der Waals surface area contributed by atoms with Gasteiger partial charge in [0.2, 0.25) is 9.84 Å². The third-order valence-corrected chi connectivity index (χ3v) is 14.1. The van der Waals surface area contributed by atoms with Crippen LogP contribution in [0.3, 0.4) is 0 Å². The van der Waals surface area contributed by atoms with Crippen LogP contribution in [0.15, 0.2) is 45.7 Å². The second-order valence-corrected chi connectivity index (χ2v) is 16.5. The number of methoxy groups -OCH3 is 1. The van der Waals surface area contributed by atoms with E-state index < -0.39 is 15.9 Å². The zero-order valence-electron chi connectivity index (χ0n) is 26.0. The normalized spacial score (nSPS) is 36.7. The van der Waals surface area contributed by atoms with E-state index in [4.69, 9.17) is 9.47 Å². The van der Waals surface area contributed by atoms with Crippen molar-refractivity contribution >= 4 is 9.84 Å². The van der Waals surface area contributed by atoms with Crippen LogP contribution in [0.4, 0.5) is 0 Å². The largest absolute Gasteiger partial charge is 0.359 e. The highest BCUT2D eigenvalue weighted by atomic mass is 32.2. The maximum Gasteiger partial charge on any atom is 0.205 e. The maximum atomic E-state index is 14.2. The number of ether oxygens (including phenoxy) is 2. The molecule has 3 saturated carbocycles. The Morgan fingerprint density at radius 3 is 2.38 bits per heavy atom. The highest BCUT2D eigenvalue weighted by Crippen LogP contribution is 2.68. The van der Waals surface area contributed by atoms with Gasteiger partial charge in [0.05, 0.1) is 15.9 Å². The molecule has 1 aromatic rings. The van der Waals surface area contributed by atoms with Crippen molar-refractivity contribution in [2.75, 3.05) is 13.9 Å². The molecule has 5 heteroatoms. The summed E-state index contributed by atoms with van der Waals surface area (Å²) in [7, 11) is -2.05. The van der Waals surface area contributed by atoms with Crippen molar-refractivity contribution in [3.8, 4) is 0 Å². The van der Waals surface area contributed by atoms with Crippen LogP contribution >= 0.6 is 0 Å². The van der Waals surface area contributed by atoms with Gasteiger partial charge in [0.25, 0.3) is 0 Å². The fraction of sp³-hybridized carbons (Fsp3) is 0.771. The zero-order chi connectivity index (χ0) is 28.7. The Morgan fingerprint density at radius 1 is 0.925 bits per heavy atom. The molecule has 4 nitrogen and oxygen atoms in total. The van der Waals surface area contributed by atoms with E-state index >= 15 is 0 Å². The molecule has 0 spiro atoms. The third-order valence-electron chi connectivity index (χ3n) is 12.1. The van der Waals surface area contributed by atoms with Crippen molar-refractivity contribution in [1.82, 2.24) is 0 Å². The highest BCUT2D eigenvalue weighted by Gasteiger charge is 2.60. The van der Waals surface area contributed by atoms with Gasteiger partial charge in [-0.2, -0.15) is 0 Å². The summed E-state index contributed by atoms with van der Waals surface area (Å²) in [6.45, 7) is 12.4. The van der Waals surface area contributed by atoms with Crippen molar-refractivity contribution in [1.29, 1.82) is 0 Å². The molecule has 1 aromatic carbocycles. The summed E-state index contributed by atoms with van der Waals surface area (Å²) in [5.74, 6) is 4.48. The van der Waals surface area contributed by atoms with Crippen LogP contribution in [0.5, 0.6) is 0 Å². The molecule has 224 valence electrons. The molecule has 0 radical (unpaired) electrons. The van der Waals surface area contributed by atoms with E-state index in [1.54, 1.807) is 19.2 Å². The Morgan fingerprint density at radius 2 is 1.68 bits per heavy atom. The van der Waals surface area contributed by atoms with Gasteiger partial charge in [-0.1, -0.05) is 72.1 Å². The SMILES string of the molecule is COCO[C@H]1CC[C@@]2(C)C(=C1S(=O)(=O)c1ccccc1)CC[C@H]1[C@@H]3CC[C@H]([C@H](C)CCCC(C)C)[C@@]3(C)CC[C@@H]12. The minimum Gasteiger partial charge on any atom is -0.359 e. The molecular weight excluding hydrogens is 516 g/mol. The molecule has 8 atom stereocenters. The van der Waals surface area contributed by atoms with E-state index in [9.17, 15) is 8.42 Å². The number of rotatable bonds is 10. The summed E-state index contributed by atoms with van der Waals surface area (Å²) >= 11 is 0. The topological polar surface area (TPSA) is 52.6 Å². The van der Waals surface area contributed by atoms with Crippen LogP contribution in [-0.4, -0.2) is 28.4 Å². The summed E-state index contributed by atoms with van der Waals surface area (Å²) in [5.41, 5.74) is 1.54. The molecule has 4 aliphatic rings. The van der Waals surface area contributed by atoms with Gasteiger partial charge in [0, 0.05) is 7.11 Å². The average Bonchev–Trinajstić information content (AvgIpc) is 3.29. The summed E-state index contributed by atoms with van der Waals surface area (Å²) < 4.78 is 39.8. The van der Waals surface area contributed by atoms with Crippen molar-refractivity contribution < 1.29 is 17.9 Å². The number of sulfone groups is 1. The molecule has 0 bridgehead atoms. The zero-order valence-corrected chi connectivity index (χ0v) is 26.8. The van der Waals surface area contributed by atoms with Crippen LogP contribution in [0.2, 0.25) is 0 Å². The van der Waals surface area contributed by atoms with E-state index in [1.165, 1.54) is 50.5 Å². The Balaban J connectivity index is 1.45. The molecule has 40 heavy (non-hydrogen) atoms. The first-order valence-electron chi connectivity index (χ1n) is 16.2. The molecule has 0 heterocycles. The van der Waals surface area contributed by atoms with Crippen LogP contribution in [0.25, 0.3) is 0 Å². The fourth-order valence-electron chi connectivity index (χ4n) is 10.2. The Bertz CT molecular complexity index is 1160. The van der Waals surface area contributed by atoms with Gasteiger partial charge >= 0.3 is 0 Å². The second-order valence-electron chi connectivity index (χ2n) is 14.6. The van der Waals surface area contributed by atoms with Crippen molar-refractivity contribution in [3.63, 3.8) is 0 Å². The Labute approximate surface area is 244 Å². The van der Waals surface area contributed by atoms with Crippen molar-refractivity contribution in [2.45, 2.75) is 116 Å². The van der Waals surface area contributed by atoms with Gasteiger partial charge in [0.15, 0.2) is 0 Å². The molecular formula is C35H54O4S. The molecule has 4 aliphatic carbocycles. The van der Waals surface area contributed by atoms with E-state index in [-0.39, 0.29) is 12.2 Å². The lowest BCUT2D eigenvalue weighted by atomic mass is 9.46. The summed E-state index contributed by atoms with van der Waals surface area (Å²) in [6, 6.07) is 9.00. The van der Waals surface area contributed by atoms with Gasteiger partial charge in [-0.3, -0.25) is 0 Å². The predicted molar refractivity (Wildman–Crippen MR) is 162 cm³/mol. The number of fused-ring (bicyclic) bond motifs is 5. The standard InChI is InChI=1S/C35H54O4S/c1-24(2)11-10-12-25(3)28-17-18-29-27-15-16-31-33(40(36,37)26-13-8-7-9-14-26)32(39-23-38-6)20-22-35(31,5)30(27)19-21-34(28,29)4/h7-9,13-14,24-25,27-30,32H,10-12,15-23H2,1-6H3/t25-,27+,28-,29+,30+,32+,34-,35-/m1/s1. The summed E-state index contributed by atoms with van der Waals surface area (Å²) in [6.07, 6.45) is 12.7. The second kappa shape index (κ2) is 11.8. The van der Waals surface area contributed by atoms with Crippen LogP contribution < -0.4 is 0 Å². The predicted octanol–water partition coefficient (Wildman–Crippen LogP) is 8.82. The lowest BCUT2D eigenvalue weighted by Crippen LogP contribution is -2.52. The van der Waals surface area contributed by atoms with E-state index in [2.05, 4.69) is 34.6 Å². The smallest absolute Gasteiger partial charge is 0.205 e. The van der Waals surface area contributed by atoms with Gasteiger partial charge in [-0.25, -0.2) is 8.42 Å². The molecule has 0 N–H and O–H groups in total. The van der Waals surface area contributed by atoms with Gasteiger partial charge in [0.1, 0.15) is 6.79 Å². The molecule has 0 saturated heterocycles. The number of hydrogen-bond donors (Lipinski definition) is 0. The lowest BCUT2D eigenvalue weighted by Gasteiger charge is -2.59. The maximum absolute atomic E-state index is 14.2. The van der Waals surface area contributed by atoms with E-state index in [0.29, 0.717) is 27.1 Å². The first-order valence-corrected chi connectivity index (χ1v) is 17.7.